The number of pyridine rings is 1. The molecule has 162 valence electrons. The van der Waals surface area contributed by atoms with Crippen molar-refractivity contribution in [1.82, 2.24) is 0 Å². The Morgan fingerprint density at radius 1 is 0.839 bits per heavy atom. The molecule has 0 fully saturated rings. The van der Waals surface area contributed by atoms with Gasteiger partial charge in [-0.25, -0.2) is 0 Å². The number of nitrogens with zero attached hydrogens (tertiary/aromatic N) is 1. The summed E-state index contributed by atoms with van der Waals surface area (Å²) in [4.78, 5) is 0. The summed E-state index contributed by atoms with van der Waals surface area (Å²) in [5.74, 6) is 0. The molecule has 2 heterocycles. The summed E-state index contributed by atoms with van der Waals surface area (Å²) < 4.78 is 2.66. The van der Waals surface area contributed by atoms with Gasteiger partial charge >= 0.3 is 0 Å². The summed E-state index contributed by atoms with van der Waals surface area (Å²) in [7, 11) is 0. The highest BCUT2D eigenvalue weighted by molar-refractivity contribution is 6.01. The maximum atomic E-state index is 2.66. The Labute approximate surface area is 188 Å². The largest absolute Gasteiger partial charge is 0.221 e. The van der Waals surface area contributed by atoms with Crippen LogP contribution in [0.2, 0.25) is 0 Å². The molecular weight excluding hydrogens is 374 g/mol. The van der Waals surface area contributed by atoms with Crippen molar-refractivity contribution in [3.05, 3.63) is 64.8 Å². The van der Waals surface area contributed by atoms with Crippen molar-refractivity contribution >= 4 is 10.8 Å². The zero-order valence-corrected chi connectivity index (χ0v) is 20.5. The highest BCUT2D eigenvalue weighted by atomic mass is 15.1. The fourth-order valence-electron chi connectivity index (χ4n) is 6.77. The van der Waals surface area contributed by atoms with Crippen molar-refractivity contribution in [2.24, 2.45) is 0 Å². The first-order valence-electron chi connectivity index (χ1n) is 12.4. The van der Waals surface area contributed by atoms with E-state index in [1.807, 2.05) is 0 Å². The quantitative estimate of drug-likeness (QED) is 0.380. The van der Waals surface area contributed by atoms with Crippen LogP contribution < -0.4 is 4.57 Å². The lowest BCUT2D eigenvalue weighted by Crippen LogP contribution is -2.68. The molecule has 0 saturated carbocycles. The summed E-state index contributed by atoms with van der Waals surface area (Å²) >= 11 is 0. The molecule has 1 heteroatoms. The average Bonchev–Trinajstić information content (AvgIpc) is 2.78. The molecule has 2 aromatic carbocycles. The third-order valence-corrected chi connectivity index (χ3v) is 9.29. The number of unbranched alkanes of at least 4 members (excludes halogenated alkanes) is 1. The van der Waals surface area contributed by atoms with Gasteiger partial charge in [-0.2, -0.15) is 4.57 Å². The molecule has 0 bridgehead atoms. The Hall–Kier alpha value is -2.15. The van der Waals surface area contributed by atoms with Crippen LogP contribution in [0.5, 0.6) is 0 Å². The van der Waals surface area contributed by atoms with Crippen LogP contribution in [0.1, 0.15) is 96.4 Å². The van der Waals surface area contributed by atoms with Crippen LogP contribution in [0.3, 0.4) is 0 Å². The summed E-state index contributed by atoms with van der Waals surface area (Å²) in [6.45, 7) is 16.9. The molecule has 0 N–H and O–H groups in total. The number of hydrogen-bond donors (Lipinski definition) is 0. The summed E-state index contributed by atoms with van der Waals surface area (Å²) in [5.41, 5.74) is 9.22. The van der Waals surface area contributed by atoms with Gasteiger partial charge in [-0.15, -0.1) is 0 Å². The van der Waals surface area contributed by atoms with Gasteiger partial charge in [0.1, 0.15) is 0 Å². The molecule has 1 nitrogen and oxygen atoms in total. The molecule has 1 aliphatic heterocycles. The fourth-order valence-corrected chi connectivity index (χ4v) is 6.77. The standard InChI is InChI=1S/C30H38N/c1-8-11-13-20-18-21-16-17-31-27-25(21)24(19-20)28(4,5)22-14-12-15-23(26(22)27)29(6,9-2)30(31,7)10-3/h12,14-19H,8-11,13H2,1-7H3/q+1. The maximum absolute atomic E-state index is 2.66. The maximum Gasteiger partial charge on any atom is 0.221 e. The smallest absolute Gasteiger partial charge is 0.192 e. The van der Waals surface area contributed by atoms with Crippen LogP contribution in [-0.4, -0.2) is 0 Å². The number of hydrogen-bond acceptors (Lipinski definition) is 0. The number of rotatable bonds is 5. The van der Waals surface area contributed by atoms with E-state index in [0.717, 1.165) is 12.8 Å². The molecule has 1 aromatic heterocycles. The fraction of sp³-hybridized carbons (Fsp3) is 0.500. The molecule has 2 unspecified atom stereocenters. The molecular formula is C30H38N+. The molecule has 0 radical (unpaired) electrons. The van der Waals surface area contributed by atoms with Crippen molar-refractivity contribution in [3.63, 3.8) is 0 Å². The van der Waals surface area contributed by atoms with E-state index in [4.69, 9.17) is 0 Å². The predicted molar refractivity (Wildman–Crippen MR) is 132 cm³/mol. The summed E-state index contributed by atoms with van der Waals surface area (Å²) in [6.07, 6.45) is 8.34. The lowest BCUT2D eigenvalue weighted by molar-refractivity contribution is -0.764. The second kappa shape index (κ2) is 6.67. The van der Waals surface area contributed by atoms with E-state index in [1.54, 1.807) is 5.56 Å². The van der Waals surface area contributed by atoms with Gasteiger partial charge in [0, 0.05) is 24.8 Å². The highest BCUT2D eigenvalue weighted by Gasteiger charge is 2.58. The van der Waals surface area contributed by atoms with E-state index in [1.165, 1.54) is 58.0 Å². The first-order valence-corrected chi connectivity index (χ1v) is 12.4. The molecule has 0 spiro atoms. The van der Waals surface area contributed by atoms with E-state index in [-0.39, 0.29) is 16.4 Å². The van der Waals surface area contributed by atoms with E-state index in [9.17, 15) is 0 Å². The van der Waals surface area contributed by atoms with Crippen LogP contribution in [0.25, 0.3) is 22.0 Å². The zero-order valence-electron chi connectivity index (χ0n) is 20.5. The van der Waals surface area contributed by atoms with Crippen LogP contribution in [0, 0.1) is 0 Å². The predicted octanol–water partition coefficient (Wildman–Crippen LogP) is 7.58. The van der Waals surface area contributed by atoms with Crippen LogP contribution in [-0.2, 0) is 22.8 Å². The molecule has 0 saturated heterocycles. The molecule has 1 aliphatic carbocycles. The van der Waals surface area contributed by atoms with Gasteiger partial charge in [-0.3, -0.25) is 0 Å². The first kappa shape index (κ1) is 20.7. The van der Waals surface area contributed by atoms with Gasteiger partial charge in [-0.1, -0.05) is 71.4 Å². The Balaban J connectivity index is 1.97. The van der Waals surface area contributed by atoms with Gasteiger partial charge in [0.05, 0.1) is 16.4 Å². The zero-order chi connectivity index (χ0) is 22.2. The second-order valence-corrected chi connectivity index (χ2v) is 10.9. The number of aromatic nitrogens is 1. The summed E-state index contributed by atoms with van der Waals surface area (Å²) in [6, 6.07) is 14.5. The first-order chi connectivity index (χ1) is 14.7. The third kappa shape index (κ3) is 2.41. The minimum atomic E-state index is 0.00656. The lowest BCUT2D eigenvalue weighted by atomic mass is 9.57. The minimum Gasteiger partial charge on any atom is -0.192 e. The van der Waals surface area contributed by atoms with Crippen molar-refractivity contribution in [3.8, 4) is 11.3 Å². The van der Waals surface area contributed by atoms with E-state index in [2.05, 4.69) is 95.6 Å². The third-order valence-electron chi connectivity index (χ3n) is 9.29. The SMILES string of the molecule is CCCCc1cc2c3c4[n+](ccc3c1)C(C)(CC)C(C)(CC)c1cccc(c1-4)C2(C)C. The van der Waals surface area contributed by atoms with Gasteiger partial charge in [0.2, 0.25) is 5.69 Å². The van der Waals surface area contributed by atoms with Crippen molar-refractivity contribution in [2.75, 3.05) is 0 Å². The van der Waals surface area contributed by atoms with Crippen molar-refractivity contribution < 1.29 is 4.57 Å². The topological polar surface area (TPSA) is 3.88 Å². The van der Waals surface area contributed by atoms with E-state index < -0.39 is 0 Å². The number of benzene rings is 2. The molecule has 0 amide bonds. The Morgan fingerprint density at radius 2 is 1.58 bits per heavy atom. The molecule has 3 aromatic rings. The van der Waals surface area contributed by atoms with Gasteiger partial charge in [0.15, 0.2) is 11.7 Å². The Morgan fingerprint density at radius 3 is 2.26 bits per heavy atom. The average molecular weight is 413 g/mol. The van der Waals surface area contributed by atoms with Crippen molar-refractivity contribution in [1.29, 1.82) is 0 Å². The highest BCUT2D eigenvalue weighted by Crippen LogP contribution is 2.57. The molecule has 2 atom stereocenters. The normalized spacial score (nSPS) is 25.1. The molecule has 5 rings (SSSR count). The van der Waals surface area contributed by atoms with Gasteiger partial charge in [0.25, 0.3) is 0 Å². The van der Waals surface area contributed by atoms with Gasteiger partial charge < -0.3 is 0 Å². The van der Waals surface area contributed by atoms with Crippen LogP contribution in [0.15, 0.2) is 42.6 Å². The molecule has 31 heavy (non-hydrogen) atoms. The Kier molecular flexibility index (Phi) is 4.46. The van der Waals surface area contributed by atoms with Gasteiger partial charge in [-0.05, 0) is 53.8 Å². The number of aryl methyl sites for hydroxylation is 1. The summed E-state index contributed by atoms with van der Waals surface area (Å²) in [5, 5.41) is 2.91. The lowest BCUT2D eigenvalue weighted by Gasteiger charge is -2.49. The van der Waals surface area contributed by atoms with Crippen LogP contribution in [0.4, 0.5) is 0 Å². The minimum absolute atomic E-state index is 0.00656. The van der Waals surface area contributed by atoms with Crippen LogP contribution >= 0.6 is 0 Å². The van der Waals surface area contributed by atoms with Crippen molar-refractivity contribution in [2.45, 2.75) is 96.9 Å². The monoisotopic (exact) mass is 412 g/mol. The Bertz CT molecular complexity index is 1200. The molecule has 2 aliphatic rings. The van der Waals surface area contributed by atoms with E-state index >= 15 is 0 Å². The van der Waals surface area contributed by atoms with E-state index in [0.29, 0.717) is 0 Å². The second-order valence-electron chi connectivity index (χ2n) is 10.9.